The lowest BCUT2D eigenvalue weighted by atomic mass is 10.6. The van der Waals surface area contributed by atoms with E-state index in [1.165, 1.54) is 0 Å². The number of nitrogens with two attached hydrogens (primary N) is 1. The van der Waals surface area contributed by atoms with Crippen LogP contribution in [0.2, 0.25) is 0 Å². The van der Waals surface area contributed by atoms with Gasteiger partial charge in [0.1, 0.15) is 5.82 Å². The number of hydrogen-bond donors (Lipinski definition) is 1. The van der Waals surface area contributed by atoms with Crippen LogP contribution < -0.4 is 5.73 Å². The van der Waals surface area contributed by atoms with Crippen molar-refractivity contribution in [3.63, 3.8) is 0 Å². The molecule has 0 saturated heterocycles. The minimum absolute atomic E-state index is 0.418. The van der Waals surface area contributed by atoms with E-state index in [0.717, 1.165) is 5.82 Å². The third kappa shape index (κ3) is 1.08. The van der Waals surface area contributed by atoms with Gasteiger partial charge in [-0.15, -0.1) is 0 Å². The Hall–Kier alpha value is -0.900. The molecule has 1 heterocycles. The fraction of sp³-hybridized carbons (Fsp3) is 0.600. The molecule has 0 saturated carbocycles. The average Bonchev–Trinajstić information content (AvgIpc) is 2.13. The maximum absolute atomic E-state index is 5.29. The van der Waals surface area contributed by atoms with Gasteiger partial charge in [-0.1, -0.05) is 0 Å². The van der Waals surface area contributed by atoms with Gasteiger partial charge >= 0.3 is 0 Å². The van der Waals surface area contributed by atoms with E-state index in [4.69, 9.17) is 5.73 Å². The molecule has 0 bridgehead atoms. The van der Waals surface area contributed by atoms with E-state index in [1.807, 2.05) is 14.0 Å². The van der Waals surface area contributed by atoms with Crippen molar-refractivity contribution in [3.05, 3.63) is 11.6 Å². The van der Waals surface area contributed by atoms with E-state index in [1.54, 1.807) is 4.68 Å². The molecular formula is C5H10N4. The van der Waals surface area contributed by atoms with E-state index in [2.05, 4.69) is 10.1 Å². The molecule has 2 N–H and O–H groups in total. The Bertz CT molecular complexity index is 183. The highest BCUT2D eigenvalue weighted by atomic mass is 15.3. The van der Waals surface area contributed by atoms with Gasteiger partial charge in [-0.3, -0.25) is 4.68 Å². The topological polar surface area (TPSA) is 56.7 Å². The highest BCUT2D eigenvalue weighted by Gasteiger charge is 1.97. The van der Waals surface area contributed by atoms with Gasteiger partial charge in [0.25, 0.3) is 0 Å². The number of nitrogens with zero attached hydrogens (tertiary/aromatic N) is 3. The first-order chi connectivity index (χ1) is 4.24. The summed E-state index contributed by atoms with van der Waals surface area (Å²) in [7, 11) is 1.85. The molecule has 4 nitrogen and oxygen atoms in total. The second kappa shape index (κ2) is 2.14. The van der Waals surface area contributed by atoms with E-state index in [9.17, 15) is 0 Å². The zero-order valence-electron chi connectivity index (χ0n) is 5.63. The molecule has 0 amide bonds. The lowest BCUT2D eigenvalue weighted by Gasteiger charge is -1.85. The fourth-order valence-electron chi connectivity index (χ4n) is 0.613. The van der Waals surface area contributed by atoms with Crippen LogP contribution >= 0.6 is 0 Å². The number of rotatable bonds is 1. The van der Waals surface area contributed by atoms with Crippen molar-refractivity contribution in [2.75, 3.05) is 0 Å². The van der Waals surface area contributed by atoms with Crippen LogP contribution in [0.25, 0.3) is 0 Å². The summed E-state index contributed by atoms with van der Waals surface area (Å²) in [6.45, 7) is 2.31. The van der Waals surface area contributed by atoms with Gasteiger partial charge < -0.3 is 5.73 Å². The molecule has 0 spiro atoms. The Balaban J connectivity index is 2.98. The van der Waals surface area contributed by atoms with E-state index in [0.29, 0.717) is 12.4 Å². The molecule has 0 aromatic carbocycles. The van der Waals surface area contributed by atoms with Crippen molar-refractivity contribution in [3.8, 4) is 0 Å². The van der Waals surface area contributed by atoms with Gasteiger partial charge in [-0.05, 0) is 6.92 Å². The SMILES string of the molecule is Cc1nc(CN)nn1C. The van der Waals surface area contributed by atoms with Crippen LogP contribution in [0.1, 0.15) is 11.6 Å². The van der Waals surface area contributed by atoms with Gasteiger partial charge in [0.05, 0.1) is 6.54 Å². The molecule has 0 aliphatic heterocycles. The van der Waals surface area contributed by atoms with Crippen LogP contribution in [-0.4, -0.2) is 14.8 Å². The average molecular weight is 126 g/mol. The molecule has 0 atom stereocenters. The fourth-order valence-corrected chi connectivity index (χ4v) is 0.613. The highest BCUT2D eigenvalue weighted by Crippen LogP contribution is 1.91. The molecule has 0 aliphatic carbocycles. The van der Waals surface area contributed by atoms with Crippen molar-refractivity contribution < 1.29 is 0 Å². The summed E-state index contributed by atoms with van der Waals surface area (Å²) in [5.74, 6) is 1.60. The number of aromatic nitrogens is 3. The zero-order chi connectivity index (χ0) is 6.85. The number of hydrogen-bond acceptors (Lipinski definition) is 3. The Morgan fingerprint density at radius 2 is 2.33 bits per heavy atom. The summed E-state index contributed by atoms with van der Waals surface area (Å²) >= 11 is 0. The van der Waals surface area contributed by atoms with Gasteiger partial charge in [0.15, 0.2) is 5.82 Å². The van der Waals surface area contributed by atoms with E-state index in [-0.39, 0.29) is 0 Å². The molecule has 1 rings (SSSR count). The Morgan fingerprint density at radius 3 is 2.56 bits per heavy atom. The van der Waals surface area contributed by atoms with Crippen LogP contribution in [0, 0.1) is 6.92 Å². The van der Waals surface area contributed by atoms with Gasteiger partial charge in [0.2, 0.25) is 0 Å². The largest absolute Gasteiger partial charge is 0.324 e. The first kappa shape index (κ1) is 6.22. The predicted octanol–water partition coefficient (Wildman–Crippen LogP) is -0.418. The standard InChI is InChI=1S/C5H10N4/c1-4-7-5(3-6)8-9(4)2/h3,6H2,1-2H3. The third-order valence-corrected chi connectivity index (χ3v) is 1.21. The molecule has 0 fully saturated rings. The molecule has 0 radical (unpaired) electrons. The van der Waals surface area contributed by atoms with Crippen molar-refractivity contribution in [2.24, 2.45) is 12.8 Å². The molecule has 0 aliphatic rings. The van der Waals surface area contributed by atoms with Gasteiger partial charge in [0, 0.05) is 7.05 Å². The summed E-state index contributed by atoms with van der Waals surface area (Å²) in [5.41, 5.74) is 5.29. The smallest absolute Gasteiger partial charge is 0.164 e. The summed E-state index contributed by atoms with van der Waals surface area (Å²) in [5, 5.41) is 4.01. The maximum atomic E-state index is 5.29. The summed E-state index contributed by atoms with van der Waals surface area (Å²) in [6, 6.07) is 0. The molecule has 9 heavy (non-hydrogen) atoms. The van der Waals surface area contributed by atoms with Crippen LogP contribution in [0.3, 0.4) is 0 Å². The van der Waals surface area contributed by atoms with Crippen molar-refractivity contribution in [1.29, 1.82) is 0 Å². The molecular weight excluding hydrogens is 116 g/mol. The van der Waals surface area contributed by atoms with E-state index < -0.39 is 0 Å². The minimum atomic E-state index is 0.418. The quantitative estimate of drug-likeness (QED) is 0.556. The minimum Gasteiger partial charge on any atom is -0.324 e. The van der Waals surface area contributed by atoms with Crippen molar-refractivity contribution in [2.45, 2.75) is 13.5 Å². The predicted molar refractivity (Wildman–Crippen MR) is 33.6 cm³/mol. The first-order valence-corrected chi connectivity index (χ1v) is 2.80. The molecule has 4 heteroatoms. The van der Waals surface area contributed by atoms with Gasteiger partial charge in [-0.2, -0.15) is 5.10 Å². The lowest BCUT2D eigenvalue weighted by molar-refractivity contribution is 0.720. The number of aryl methyl sites for hydroxylation is 2. The molecule has 0 unspecified atom stereocenters. The zero-order valence-corrected chi connectivity index (χ0v) is 5.63. The van der Waals surface area contributed by atoms with Crippen LogP contribution in [0.15, 0.2) is 0 Å². The van der Waals surface area contributed by atoms with Crippen LogP contribution in [-0.2, 0) is 13.6 Å². The second-order valence-corrected chi connectivity index (χ2v) is 1.90. The molecule has 50 valence electrons. The summed E-state index contributed by atoms with van der Waals surface area (Å²) in [6.07, 6.45) is 0. The highest BCUT2D eigenvalue weighted by molar-refractivity contribution is 4.88. The van der Waals surface area contributed by atoms with Crippen LogP contribution in [0.5, 0.6) is 0 Å². The van der Waals surface area contributed by atoms with Crippen molar-refractivity contribution in [1.82, 2.24) is 14.8 Å². The molecule has 1 aromatic heterocycles. The Labute approximate surface area is 53.7 Å². The Kier molecular flexibility index (Phi) is 1.48. The second-order valence-electron chi connectivity index (χ2n) is 1.90. The third-order valence-electron chi connectivity index (χ3n) is 1.21. The molecule has 1 aromatic rings. The summed E-state index contributed by atoms with van der Waals surface area (Å²) in [4.78, 5) is 4.06. The van der Waals surface area contributed by atoms with E-state index >= 15 is 0 Å². The maximum Gasteiger partial charge on any atom is 0.164 e. The normalized spacial score (nSPS) is 10.1. The summed E-state index contributed by atoms with van der Waals surface area (Å²) < 4.78 is 1.71. The first-order valence-electron chi connectivity index (χ1n) is 2.80. The lowest BCUT2D eigenvalue weighted by Crippen LogP contribution is -1.99. The van der Waals surface area contributed by atoms with Gasteiger partial charge in [-0.25, -0.2) is 4.98 Å². The van der Waals surface area contributed by atoms with Crippen molar-refractivity contribution >= 4 is 0 Å². The Morgan fingerprint density at radius 1 is 1.67 bits per heavy atom. The van der Waals surface area contributed by atoms with Crippen LogP contribution in [0.4, 0.5) is 0 Å². The monoisotopic (exact) mass is 126 g/mol.